The van der Waals surface area contributed by atoms with Crippen molar-refractivity contribution >= 4 is 17.7 Å². The maximum absolute atomic E-state index is 11.6. The van der Waals surface area contributed by atoms with Crippen molar-refractivity contribution in [3.05, 3.63) is 53.0 Å². The summed E-state index contributed by atoms with van der Waals surface area (Å²) in [5, 5.41) is 5.83. The highest BCUT2D eigenvalue weighted by Gasteiger charge is 2.15. The fourth-order valence-electron chi connectivity index (χ4n) is 2.31. The van der Waals surface area contributed by atoms with Crippen molar-refractivity contribution in [1.82, 2.24) is 5.32 Å². The summed E-state index contributed by atoms with van der Waals surface area (Å²) < 4.78 is 10.3. The Morgan fingerprint density at radius 3 is 2.54 bits per heavy atom. The Morgan fingerprint density at radius 2 is 1.96 bits per heavy atom. The first-order valence-electron chi connectivity index (χ1n) is 7.48. The van der Waals surface area contributed by atoms with E-state index in [1.165, 1.54) is 7.11 Å². The Labute approximate surface area is 140 Å². The molecule has 1 heterocycles. The van der Waals surface area contributed by atoms with Crippen LogP contribution < -0.4 is 16.4 Å². The lowest BCUT2D eigenvalue weighted by atomic mass is 10.1. The number of rotatable bonds is 6. The van der Waals surface area contributed by atoms with Gasteiger partial charge in [0.25, 0.3) is 0 Å². The second-order valence-corrected chi connectivity index (χ2v) is 5.39. The standard InChI is InChI=1S/C17H21N3O4/c1-10(12-4-6-13(7-5-12)20-17(18)22)19-9-14-8-15(11(2)24-14)16(21)23-3/h4-8,10,19H,9H2,1-3H3,(H3,18,20,22). The molecule has 0 saturated heterocycles. The first kappa shape index (κ1) is 17.6. The molecule has 0 spiro atoms. The smallest absolute Gasteiger partial charge is 0.341 e. The van der Waals surface area contributed by atoms with Crippen LogP contribution in [0.1, 0.15) is 40.4 Å². The molecule has 0 bridgehead atoms. The van der Waals surface area contributed by atoms with Crippen molar-refractivity contribution < 1.29 is 18.7 Å². The molecular formula is C17H21N3O4. The van der Waals surface area contributed by atoms with E-state index in [2.05, 4.69) is 10.6 Å². The number of nitrogens with one attached hydrogen (secondary N) is 2. The Bertz CT molecular complexity index is 722. The average Bonchev–Trinajstić information content (AvgIpc) is 2.93. The van der Waals surface area contributed by atoms with Gasteiger partial charge in [0, 0.05) is 11.7 Å². The minimum Gasteiger partial charge on any atom is -0.465 e. The second kappa shape index (κ2) is 7.65. The topological polar surface area (TPSA) is 107 Å². The van der Waals surface area contributed by atoms with Gasteiger partial charge in [-0.2, -0.15) is 0 Å². The van der Waals surface area contributed by atoms with E-state index in [9.17, 15) is 9.59 Å². The molecule has 0 saturated carbocycles. The average molecular weight is 331 g/mol. The van der Waals surface area contributed by atoms with Gasteiger partial charge in [0.2, 0.25) is 0 Å². The fraction of sp³-hybridized carbons (Fsp3) is 0.294. The number of aryl methyl sites for hydroxylation is 1. The van der Waals surface area contributed by atoms with Crippen LogP contribution >= 0.6 is 0 Å². The van der Waals surface area contributed by atoms with Crippen LogP contribution in [0.5, 0.6) is 0 Å². The molecule has 0 aliphatic heterocycles. The van der Waals surface area contributed by atoms with Crippen LogP contribution in [0, 0.1) is 6.92 Å². The Balaban J connectivity index is 1.96. The summed E-state index contributed by atoms with van der Waals surface area (Å²) >= 11 is 0. The van der Waals surface area contributed by atoms with Gasteiger partial charge in [0.15, 0.2) is 0 Å². The van der Waals surface area contributed by atoms with Crippen LogP contribution in [-0.4, -0.2) is 19.1 Å². The van der Waals surface area contributed by atoms with E-state index in [-0.39, 0.29) is 6.04 Å². The Kier molecular flexibility index (Phi) is 5.59. The molecule has 7 heteroatoms. The first-order chi connectivity index (χ1) is 11.4. The summed E-state index contributed by atoms with van der Waals surface area (Å²) in [6.07, 6.45) is 0. The predicted octanol–water partition coefficient (Wildman–Crippen LogP) is 2.72. The number of hydrogen-bond donors (Lipinski definition) is 3. The number of urea groups is 1. The third-order valence-electron chi connectivity index (χ3n) is 3.63. The largest absolute Gasteiger partial charge is 0.465 e. The molecule has 24 heavy (non-hydrogen) atoms. The SMILES string of the molecule is COC(=O)c1cc(CNC(C)c2ccc(NC(N)=O)cc2)oc1C. The van der Waals surface area contributed by atoms with Crippen LogP contribution in [0.3, 0.4) is 0 Å². The molecule has 2 aromatic rings. The van der Waals surface area contributed by atoms with Crippen molar-refractivity contribution in [3.8, 4) is 0 Å². The molecule has 2 rings (SSSR count). The monoisotopic (exact) mass is 331 g/mol. The summed E-state index contributed by atoms with van der Waals surface area (Å²) in [5.74, 6) is 0.785. The van der Waals surface area contributed by atoms with Crippen LogP contribution in [0.2, 0.25) is 0 Å². The molecule has 4 N–H and O–H groups in total. The number of ether oxygens (including phenoxy) is 1. The highest BCUT2D eigenvalue weighted by Crippen LogP contribution is 2.19. The summed E-state index contributed by atoms with van der Waals surface area (Å²) in [7, 11) is 1.34. The number of hydrogen-bond acceptors (Lipinski definition) is 5. The summed E-state index contributed by atoms with van der Waals surface area (Å²) in [5.41, 5.74) is 7.19. The number of nitrogens with two attached hydrogens (primary N) is 1. The molecule has 1 atom stereocenters. The van der Waals surface area contributed by atoms with Crippen LogP contribution in [0.4, 0.5) is 10.5 Å². The zero-order valence-corrected chi connectivity index (χ0v) is 13.9. The van der Waals surface area contributed by atoms with E-state index in [0.29, 0.717) is 29.3 Å². The molecule has 1 unspecified atom stereocenters. The van der Waals surface area contributed by atoms with Crippen LogP contribution in [-0.2, 0) is 11.3 Å². The number of anilines is 1. The molecule has 0 fully saturated rings. The van der Waals surface area contributed by atoms with Gasteiger partial charge < -0.3 is 25.5 Å². The number of benzene rings is 1. The number of esters is 1. The molecule has 2 amide bonds. The number of primary amides is 1. The lowest BCUT2D eigenvalue weighted by molar-refractivity contribution is 0.0598. The zero-order chi connectivity index (χ0) is 17.7. The molecule has 0 aliphatic carbocycles. The van der Waals surface area contributed by atoms with Gasteiger partial charge in [0.05, 0.1) is 13.7 Å². The number of amides is 2. The molecule has 0 aliphatic rings. The van der Waals surface area contributed by atoms with Gasteiger partial charge in [-0.05, 0) is 37.6 Å². The molecule has 128 valence electrons. The minimum atomic E-state index is -0.594. The third kappa shape index (κ3) is 4.36. The number of carbonyl (C=O) groups excluding carboxylic acids is 2. The molecule has 0 radical (unpaired) electrons. The lowest BCUT2D eigenvalue weighted by Crippen LogP contribution is -2.20. The maximum atomic E-state index is 11.6. The van der Waals surface area contributed by atoms with Gasteiger partial charge in [0.1, 0.15) is 17.1 Å². The predicted molar refractivity (Wildman–Crippen MR) is 89.7 cm³/mol. The van der Waals surface area contributed by atoms with Crippen molar-refractivity contribution in [1.29, 1.82) is 0 Å². The number of furan rings is 1. The Hall–Kier alpha value is -2.80. The van der Waals surface area contributed by atoms with E-state index in [4.69, 9.17) is 14.9 Å². The summed E-state index contributed by atoms with van der Waals surface area (Å²) in [4.78, 5) is 22.4. The van der Waals surface area contributed by atoms with E-state index in [0.717, 1.165) is 5.56 Å². The van der Waals surface area contributed by atoms with Gasteiger partial charge >= 0.3 is 12.0 Å². The van der Waals surface area contributed by atoms with Gasteiger partial charge in [-0.1, -0.05) is 12.1 Å². The Morgan fingerprint density at radius 1 is 1.29 bits per heavy atom. The highest BCUT2D eigenvalue weighted by molar-refractivity contribution is 5.90. The van der Waals surface area contributed by atoms with Crippen molar-refractivity contribution in [2.45, 2.75) is 26.4 Å². The van der Waals surface area contributed by atoms with Crippen LogP contribution in [0.25, 0.3) is 0 Å². The summed E-state index contributed by atoms with van der Waals surface area (Å²) in [6, 6.07) is 8.51. The minimum absolute atomic E-state index is 0.0552. The fourth-order valence-corrected chi connectivity index (χ4v) is 2.31. The quantitative estimate of drug-likeness (QED) is 0.706. The van der Waals surface area contributed by atoms with Gasteiger partial charge in [-0.3, -0.25) is 0 Å². The van der Waals surface area contributed by atoms with Crippen molar-refractivity contribution in [2.24, 2.45) is 5.73 Å². The lowest BCUT2D eigenvalue weighted by Gasteiger charge is -2.14. The number of carbonyl (C=O) groups is 2. The molecule has 1 aromatic heterocycles. The molecular weight excluding hydrogens is 310 g/mol. The first-order valence-corrected chi connectivity index (χ1v) is 7.48. The second-order valence-electron chi connectivity index (χ2n) is 5.39. The zero-order valence-electron chi connectivity index (χ0n) is 13.9. The highest BCUT2D eigenvalue weighted by atomic mass is 16.5. The van der Waals surface area contributed by atoms with E-state index < -0.39 is 12.0 Å². The summed E-state index contributed by atoms with van der Waals surface area (Å²) in [6.45, 7) is 4.21. The van der Waals surface area contributed by atoms with Crippen molar-refractivity contribution in [2.75, 3.05) is 12.4 Å². The van der Waals surface area contributed by atoms with E-state index in [1.807, 2.05) is 19.1 Å². The normalized spacial score (nSPS) is 11.8. The van der Waals surface area contributed by atoms with Crippen LogP contribution in [0.15, 0.2) is 34.7 Å². The van der Waals surface area contributed by atoms with E-state index >= 15 is 0 Å². The number of methoxy groups -OCH3 is 1. The molecule has 7 nitrogen and oxygen atoms in total. The van der Waals surface area contributed by atoms with Gasteiger partial charge in [-0.25, -0.2) is 9.59 Å². The van der Waals surface area contributed by atoms with Crippen molar-refractivity contribution in [3.63, 3.8) is 0 Å². The van der Waals surface area contributed by atoms with E-state index in [1.54, 1.807) is 25.1 Å². The third-order valence-corrected chi connectivity index (χ3v) is 3.63. The maximum Gasteiger partial charge on any atom is 0.341 e. The van der Waals surface area contributed by atoms with Gasteiger partial charge in [-0.15, -0.1) is 0 Å². The molecule has 1 aromatic carbocycles.